The molecule has 1 spiro atoms. The van der Waals surface area contributed by atoms with Crippen molar-refractivity contribution < 1.29 is 27.1 Å². The highest BCUT2D eigenvalue weighted by atomic mass is 31.2. The van der Waals surface area contributed by atoms with Gasteiger partial charge in [-0.25, -0.2) is 0 Å². The van der Waals surface area contributed by atoms with E-state index < -0.39 is 26.3 Å². The third-order valence-electron chi connectivity index (χ3n) is 6.68. The van der Waals surface area contributed by atoms with E-state index in [-0.39, 0.29) is 6.16 Å². The smallest absolute Gasteiger partial charge is 0.527 e. The summed E-state index contributed by atoms with van der Waals surface area (Å²) in [7, 11) is -2.84. The third kappa shape index (κ3) is 3.53. The van der Waals surface area contributed by atoms with Crippen molar-refractivity contribution >= 4 is 35.4 Å². The van der Waals surface area contributed by atoms with E-state index in [2.05, 4.69) is 0 Å². The lowest BCUT2D eigenvalue weighted by molar-refractivity contribution is -0.195. The molecule has 8 heteroatoms. The van der Waals surface area contributed by atoms with Crippen LogP contribution in [0.3, 0.4) is 0 Å². The summed E-state index contributed by atoms with van der Waals surface area (Å²) in [6.07, 6.45) is -6.99. The molecular weight excluding hydrogens is 471 g/mol. The largest absolute Gasteiger partial charge is 0.653 e. The van der Waals surface area contributed by atoms with Gasteiger partial charge in [0.1, 0.15) is 35.5 Å². The van der Waals surface area contributed by atoms with E-state index in [0.717, 1.165) is 15.9 Å². The highest BCUT2D eigenvalue weighted by molar-refractivity contribution is 7.96. The highest BCUT2D eigenvalue weighted by Crippen LogP contribution is 2.59. The molecule has 0 bridgehead atoms. The van der Waals surface area contributed by atoms with Gasteiger partial charge in [-0.2, -0.15) is 13.2 Å². The van der Waals surface area contributed by atoms with Crippen LogP contribution in [0, 0.1) is 0 Å². The second kappa shape index (κ2) is 8.15. The summed E-state index contributed by atoms with van der Waals surface area (Å²) in [5.74, 6) is 0.738. The molecule has 2 heterocycles. The van der Waals surface area contributed by atoms with Crippen molar-refractivity contribution in [3.05, 3.63) is 109 Å². The number of para-hydroxylation sites is 2. The molecule has 0 N–H and O–H groups in total. The summed E-state index contributed by atoms with van der Waals surface area (Å²) in [5, 5.41) is 2.47. The molecule has 1 unspecified atom stereocenters. The van der Waals surface area contributed by atoms with E-state index >= 15 is 0 Å². The summed E-state index contributed by atoms with van der Waals surface area (Å²) in [6.45, 7) is -2.93. The first kappa shape index (κ1) is 22.2. The number of fused-ring (bicyclic) bond motifs is 3. The SMILES string of the molecule is FC(F)(F)C1C[P+](c2ccccc2)(c2ccccc2)c2ccccc2[B-]2(Oc3ccccc3O2)O1. The van der Waals surface area contributed by atoms with E-state index in [1.807, 2.05) is 72.8 Å². The second-order valence-electron chi connectivity index (χ2n) is 8.71. The van der Waals surface area contributed by atoms with Crippen molar-refractivity contribution in [3.8, 4) is 11.5 Å². The van der Waals surface area contributed by atoms with E-state index in [0.29, 0.717) is 17.0 Å². The molecule has 0 radical (unpaired) electrons. The second-order valence-corrected chi connectivity index (χ2v) is 12.2. The van der Waals surface area contributed by atoms with Crippen LogP contribution in [0.1, 0.15) is 0 Å². The van der Waals surface area contributed by atoms with Gasteiger partial charge in [0.2, 0.25) is 0 Å². The molecule has 0 amide bonds. The lowest BCUT2D eigenvalue weighted by Gasteiger charge is -2.37. The molecule has 35 heavy (non-hydrogen) atoms. The zero-order chi connectivity index (χ0) is 24.1. The average Bonchev–Trinajstić information content (AvgIpc) is 3.20. The maximum atomic E-state index is 14.7. The van der Waals surface area contributed by atoms with Crippen molar-refractivity contribution in [2.45, 2.75) is 12.3 Å². The first-order chi connectivity index (χ1) is 16.9. The Morgan fingerprint density at radius 2 is 1.14 bits per heavy atom. The Bertz CT molecular complexity index is 1300. The molecule has 1 atom stereocenters. The zero-order valence-electron chi connectivity index (χ0n) is 18.6. The minimum absolute atomic E-state index is 0.256. The maximum Gasteiger partial charge on any atom is 0.527 e. The van der Waals surface area contributed by atoms with Gasteiger partial charge in [-0.15, -0.1) is 0 Å². The van der Waals surface area contributed by atoms with Crippen LogP contribution in [0.25, 0.3) is 0 Å². The third-order valence-corrected chi connectivity index (χ3v) is 11.2. The number of halogens is 3. The minimum atomic E-state index is -4.63. The molecule has 0 fully saturated rings. The van der Waals surface area contributed by atoms with Gasteiger partial charge in [0.15, 0.2) is 6.10 Å². The number of benzene rings is 4. The molecule has 4 aromatic carbocycles. The predicted octanol–water partition coefficient (Wildman–Crippen LogP) is 4.56. The van der Waals surface area contributed by atoms with Crippen molar-refractivity contribution in [1.29, 1.82) is 0 Å². The van der Waals surface area contributed by atoms with Crippen LogP contribution >= 0.6 is 7.26 Å². The molecule has 6 rings (SSSR count). The molecule has 2 aliphatic heterocycles. The summed E-state index contributed by atoms with van der Waals surface area (Å²) in [6, 6.07) is 33.1. The summed E-state index contributed by atoms with van der Waals surface area (Å²) in [4.78, 5) is 0. The number of hydrogen-bond acceptors (Lipinski definition) is 3. The normalized spacial score (nSPS) is 19.7. The summed E-state index contributed by atoms with van der Waals surface area (Å²) < 4.78 is 62.3. The molecule has 176 valence electrons. The quantitative estimate of drug-likeness (QED) is 0.304. The van der Waals surface area contributed by atoms with Gasteiger partial charge in [-0.05, 0) is 47.9 Å². The van der Waals surface area contributed by atoms with E-state index in [1.54, 1.807) is 36.4 Å². The average molecular weight is 492 g/mol. The molecule has 0 saturated carbocycles. The molecule has 0 aliphatic carbocycles. The standard InChI is InChI=1S/C27H21BF3O3P/c29-27(30,31)26-19-35(20-11-3-1-4-12-20,21-13-5-2-6-14-21)25-18-10-7-15-22(25)28(34-26)32-23-16-8-9-17-24(23)33-28/h1-18,26H,19H2. The molecule has 0 saturated heterocycles. The van der Waals surface area contributed by atoms with Crippen LogP contribution in [0.4, 0.5) is 13.2 Å². The minimum Gasteiger partial charge on any atom is -0.653 e. The van der Waals surface area contributed by atoms with Crippen molar-refractivity contribution in [1.82, 2.24) is 0 Å². The van der Waals surface area contributed by atoms with Crippen LogP contribution < -0.4 is 30.7 Å². The van der Waals surface area contributed by atoms with E-state index in [4.69, 9.17) is 14.0 Å². The first-order valence-electron chi connectivity index (χ1n) is 11.4. The lowest BCUT2D eigenvalue weighted by atomic mass is 9.69. The van der Waals surface area contributed by atoms with Crippen LogP contribution in [-0.2, 0) is 4.65 Å². The fourth-order valence-electron chi connectivity index (χ4n) is 5.18. The Kier molecular flexibility index (Phi) is 5.17. The van der Waals surface area contributed by atoms with Gasteiger partial charge < -0.3 is 14.0 Å². The lowest BCUT2D eigenvalue weighted by Crippen LogP contribution is -2.64. The first-order valence-corrected chi connectivity index (χ1v) is 13.3. The number of hydrogen-bond donors (Lipinski definition) is 0. The van der Waals surface area contributed by atoms with Crippen molar-refractivity contribution in [2.24, 2.45) is 0 Å². The molecular formula is C27H21BF3O3P. The Morgan fingerprint density at radius 1 is 0.657 bits per heavy atom. The Labute approximate surface area is 201 Å². The highest BCUT2D eigenvalue weighted by Gasteiger charge is 2.62. The van der Waals surface area contributed by atoms with Crippen molar-refractivity contribution in [2.75, 3.05) is 6.16 Å². The van der Waals surface area contributed by atoms with E-state index in [9.17, 15) is 13.2 Å². The molecule has 0 aromatic heterocycles. The Balaban J connectivity index is 1.68. The molecule has 2 aliphatic rings. The topological polar surface area (TPSA) is 27.7 Å². The van der Waals surface area contributed by atoms with Gasteiger partial charge in [0.05, 0.1) is 5.30 Å². The summed E-state index contributed by atoms with van der Waals surface area (Å²) >= 11 is 0. The van der Waals surface area contributed by atoms with Crippen LogP contribution in [0.5, 0.6) is 11.5 Å². The number of rotatable bonds is 2. The van der Waals surface area contributed by atoms with Gasteiger partial charge in [-0.1, -0.05) is 66.7 Å². The van der Waals surface area contributed by atoms with Crippen LogP contribution in [0.15, 0.2) is 109 Å². The fourth-order valence-corrected chi connectivity index (χ4v) is 9.82. The Morgan fingerprint density at radius 3 is 1.69 bits per heavy atom. The zero-order valence-corrected chi connectivity index (χ0v) is 19.5. The van der Waals surface area contributed by atoms with Gasteiger partial charge in [0.25, 0.3) is 0 Å². The number of alkyl halides is 3. The van der Waals surface area contributed by atoms with Crippen LogP contribution in [-0.4, -0.2) is 25.2 Å². The van der Waals surface area contributed by atoms with E-state index in [1.165, 1.54) is 0 Å². The fraction of sp³-hybridized carbons (Fsp3) is 0.111. The van der Waals surface area contributed by atoms with Gasteiger partial charge >= 0.3 is 12.9 Å². The maximum absolute atomic E-state index is 14.7. The van der Waals surface area contributed by atoms with Crippen molar-refractivity contribution in [3.63, 3.8) is 0 Å². The monoisotopic (exact) mass is 492 g/mol. The molecule has 4 aromatic rings. The van der Waals surface area contributed by atoms with Crippen LogP contribution in [0.2, 0.25) is 0 Å². The summed E-state index contributed by atoms with van der Waals surface area (Å²) in [5.41, 5.74) is 0.511. The molecule has 3 nitrogen and oxygen atoms in total. The Hall–Kier alpha value is -3.28. The van der Waals surface area contributed by atoms with Gasteiger partial charge in [-0.3, -0.25) is 0 Å². The predicted molar refractivity (Wildman–Crippen MR) is 134 cm³/mol. The van der Waals surface area contributed by atoms with Gasteiger partial charge in [0, 0.05) is 0 Å².